The summed E-state index contributed by atoms with van der Waals surface area (Å²) in [5.41, 5.74) is 14.6. The molecule has 9 rings (SSSR count). The Labute approximate surface area is 339 Å². The molecule has 0 saturated heterocycles. The van der Waals surface area contributed by atoms with Crippen molar-refractivity contribution in [2.75, 3.05) is 0 Å². The standard InChI is InChI=1S/C52H40N6/c1-33-14-22-37(23-15-33)47-53-48(38-24-16-34(2)17-25-38)56-51(55-47)45-12-6-10-43(31-45)41-8-5-9-42(30-41)44-11-7-13-46(32-44)52-57-49(39-26-18-35(3)19-27-39)54-50(58-52)40-28-20-36(4)21-29-40/h5-32H,1-4H3. The second kappa shape index (κ2) is 15.6. The number of aromatic nitrogens is 6. The second-order valence-corrected chi connectivity index (χ2v) is 14.8. The highest BCUT2D eigenvalue weighted by Crippen LogP contribution is 2.33. The van der Waals surface area contributed by atoms with Crippen molar-refractivity contribution in [1.82, 2.24) is 29.9 Å². The maximum atomic E-state index is 5.01. The lowest BCUT2D eigenvalue weighted by atomic mass is 9.97. The zero-order valence-electron chi connectivity index (χ0n) is 32.8. The molecular formula is C52H40N6. The van der Waals surface area contributed by atoms with Gasteiger partial charge in [-0.3, -0.25) is 0 Å². The van der Waals surface area contributed by atoms with Crippen LogP contribution in [0.2, 0.25) is 0 Å². The maximum Gasteiger partial charge on any atom is 0.164 e. The fourth-order valence-corrected chi connectivity index (χ4v) is 6.89. The van der Waals surface area contributed by atoms with Crippen LogP contribution in [0.4, 0.5) is 0 Å². The first-order chi connectivity index (χ1) is 28.3. The first kappa shape index (κ1) is 36.2. The van der Waals surface area contributed by atoms with Gasteiger partial charge >= 0.3 is 0 Å². The number of rotatable bonds is 8. The van der Waals surface area contributed by atoms with E-state index >= 15 is 0 Å². The molecule has 0 unspecified atom stereocenters. The molecule has 0 saturated carbocycles. The average Bonchev–Trinajstić information content (AvgIpc) is 3.27. The molecule has 0 N–H and O–H groups in total. The SMILES string of the molecule is Cc1ccc(-c2nc(-c3ccc(C)cc3)nc(-c3cccc(-c4cccc(-c5cccc(-c6nc(-c7ccc(C)cc7)nc(-c7ccc(C)cc7)n6)c5)c4)c3)n2)cc1. The monoisotopic (exact) mass is 748 g/mol. The van der Waals surface area contributed by atoms with Gasteiger partial charge in [0.25, 0.3) is 0 Å². The molecule has 0 fully saturated rings. The van der Waals surface area contributed by atoms with E-state index in [1.54, 1.807) is 0 Å². The summed E-state index contributed by atoms with van der Waals surface area (Å²) in [6.45, 7) is 8.32. The Balaban J connectivity index is 1.08. The Hall–Kier alpha value is -7.44. The molecule has 0 radical (unpaired) electrons. The van der Waals surface area contributed by atoms with Crippen molar-refractivity contribution in [3.05, 3.63) is 192 Å². The van der Waals surface area contributed by atoms with Crippen LogP contribution < -0.4 is 0 Å². The third-order valence-electron chi connectivity index (χ3n) is 10.3. The van der Waals surface area contributed by atoms with Crippen LogP contribution in [0.5, 0.6) is 0 Å². The third-order valence-corrected chi connectivity index (χ3v) is 10.3. The summed E-state index contributed by atoms with van der Waals surface area (Å²) in [7, 11) is 0. The van der Waals surface area contributed by atoms with E-state index in [2.05, 4.69) is 198 Å². The van der Waals surface area contributed by atoms with Gasteiger partial charge in [0.1, 0.15) is 0 Å². The van der Waals surface area contributed by atoms with Gasteiger partial charge in [-0.1, -0.05) is 174 Å². The van der Waals surface area contributed by atoms with Gasteiger partial charge in [0, 0.05) is 33.4 Å². The van der Waals surface area contributed by atoms with Gasteiger partial charge in [-0.05, 0) is 68.1 Å². The highest BCUT2D eigenvalue weighted by atomic mass is 15.0. The summed E-state index contributed by atoms with van der Waals surface area (Å²) in [4.78, 5) is 29.9. The number of aryl methyl sites for hydroxylation is 4. The van der Waals surface area contributed by atoms with Crippen molar-refractivity contribution in [3.63, 3.8) is 0 Å². The van der Waals surface area contributed by atoms with Crippen LogP contribution in [0.3, 0.4) is 0 Å². The molecule has 6 nitrogen and oxygen atoms in total. The molecule has 0 atom stereocenters. The Morgan fingerprint density at radius 1 is 0.207 bits per heavy atom. The lowest BCUT2D eigenvalue weighted by Gasteiger charge is -2.11. The van der Waals surface area contributed by atoms with Gasteiger partial charge in [-0.15, -0.1) is 0 Å². The molecule has 0 aliphatic rings. The van der Waals surface area contributed by atoms with E-state index in [9.17, 15) is 0 Å². The average molecular weight is 749 g/mol. The van der Waals surface area contributed by atoms with Gasteiger partial charge in [0.2, 0.25) is 0 Å². The highest BCUT2D eigenvalue weighted by Gasteiger charge is 2.15. The number of nitrogens with zero attached hydrogens (tertiary/aromatic N) is 6. The summed E-state index contributed by atoms with van der Waals surface area (Å²) in [6, 6.07) is 58.7. The summed E-state index contributed by atoms with van der Waals surface area (Å²) in [5, 5.41) is 0. The van der Waals surface area contributed by atoms with Crippen molar-refractivity contribution in [1.29, 1.82) is 0 Å². The topological polar surface area (TPSA) is 77.3 Å². The normalized spacial score (nSPS) is 11.1. The molecule has 0 aliphatic heterocycles. The van der Waals surface area contributed by atoms with Crippen LogP contribution in [0.15, 0.2) is 170 Å². The van der Waals surface area contributed by atoms with Crippen LogP contribution in [0.25, 0.3) is 90.6 Å². The molecule has 0 spiro atoms. The number of hydrogen-bond donors (Lipinski definition) is 0. The molecule has 278 valence electrons. The van der Waals surface area contributed by atoms with Gasteiger partial charge in [0.05, 0.1) is 0 Å². The van der Waals surface area contributed by atoms with Gasteiger partial charge in [-0.2, -0.15) is 0 Å². The third kappa shape index (κ3) is 7.81. The Morgan fingerprint density at radius 3 is 0.638 bits per heavy atom. The van der Waals surface area contributed by atoms with Gasteiger partial charge in [0.15, 0.2) is 34.9 Å². The Bertz CT molecular complexity index is 2570. The molecule has 58 heavy (non-hydrogen) atoms. The minimum Gasteiger partial charge on any atom is -0.208 e. The second-order valence-electron chi connectivity index (χ2n) is 14.8. The summed E-state index contributed by atoms with van der Waals surface area (Å²) in [6.07, 6.45) is 0. The van der Waals surface area contributed by atoms with E-state index in [4.69, 9.17) is 29.9 Å². The molecule has 2 aromatic heterocycles. The van der Waals surface area contributed by atoms with Crippen LogP contribution in [-0.4, -0.2) is 29.9 Å². The molecule has 7 aromatic carbocycles. The van der Waals surface area contributed by atoms with E-state index in [0.29, 0.717) is 34.9 Å². The van der Waals surface area contributed by atoms with Crippen molar-refractivity contribution < 1.29 is 0 Å². The molecule has 0 amide bonds. The van der Waals surface area contributed by atoms with Crippen LogP contribution in [-0.2, 0) is 0 Å². The van der Waals surface area contributed by atoms with E-state index in [1.165, 1.54) is 22.3 Å². The minimum atomic E-state index is 0.624. The molecule has 0 bridgehead atoms. The van der Waals surface area contributed by atoms with Crippen LogP contribution in [0.1, 0.15) is 22.3 Å². The zero-order chi connectivity index (χ0) is 39.6. The molecule has 6 heteroatoms. The smallest absolute Gasteiger partial charge is 0.164 e. The minimum absolute atomic E-state index is 0.624. The highest BCUT2D eigenvalue weighted by molar-refractivity contribution is 5.78. The fraction of sp³-hybridized carbons (Fsp3) is 0.0769. The quantitative estimate of drug-likeness (QED) is 0.154. The van der Waals surface area contributed by atoms with Crippen LogP contribution in [0, 0.1) is 27.7 Å². The van der Waals surface area contributed by atoms with E-state index in [0.717, 1.165) is 55.6 Å². The van der Waals surface area contributed by atoms with E-state index in [-0.39, 0.29) is 0 Å². The first-order valence-corrected chi connectivity index (χ1v) is 19.4. The van der Waals surface area contributed by atoms with Crippen molar-refractivity contribution in [2.24, 2.45) is 0 Å². The molecule has 2 heterocycles. The van der Waals surface area contributed by atoms with Crippen molar-refractivity contribution >= 4 is 0 Å². The lowest BCUT2D eigenvalue weighted by Crippen LogP contribution is -2.00. The number of benzene rings is 7. The maximum absolute atomic E-state index is 5.01. The van der Waals surface area contributed by atoms with E-state index < -0.39 is 0 Å². The van der Waals surface area contributed by atoms with Gasteiger partial charge in [-0.25, -0.2) is 29.9 Å². The fourth-order valence-electron chi connectivity index (χ4n) is 6.89. The first-order valence-electron chi connectivity index (χ1n) is 19.4. The van der Waals surface area contributed by atoms with E-state index in [1.807, 2.05) is 0 Å². The summed E-state index contributed by atoms with van der Waals surface area (Å²) in [5.74, 6) is 3.82. The van der Waals surface area contributed by atoms with Crippen molar-refractivity contribution in [3.8, 4) is 90.6 Å². The largest absolute Gasteiger partial charge is 0.208 e. The Kier molecular flexibility index (Phi) is 9.74. The van der Waals surface area contributed by atoms with Crippen molar-refractivity contribution in [2.45, 2.75) is 27.7 Å². The predicted molar refractivity (Wildman–Crippen MR) is 236 cm³/mol. The Morgan fingerprint density at radius 2 is 0.397 bits per heavy atom. The molecular weight excluding hydrogens is 709 g/mol. The lowest BCUT2D eigenvalue weighted by molar-refractivity contribution is 1.07. The summed E-state index contributed by atoms with van der Waals surface area (Å²) < 4.78 is 0. The predicted octanol–water partition coefficient (Wildman–Crippen LogP) is 12.6. The molecule has 9 aromatic rings. The number of hydrogen-bond acceptors (Lipinski definition) is 6. The van der Waals surface area contributed by atoms with Gasteiger partial charge < -0.3 is 0 Å². The van der Waals surface area contributed by atoms with Crippen LogP contribution >= 0.6 is 0 Å². The summed E-state index contributed by atoms with van der Waals surface area (Å²) >= 11 is 0. The molecule has 0 aliphatic carbocycles. The zero-order valence-corrected chi connectivity index (χ0v) is 32.8.